The predicted molar refractivity (Wildman–Crippen MR) is 48.6 cm³/mol. The van der Waals surface area contributed by atoms with Gasteiger partial charge in [0.1, 0.15) is 5.75 Å². The largest absolute Gasteiger partial charge is 0.491 e. The van der Waals surface area contributed by atoms with Gasteiger partial charge in [-0.3, -0.25) is 10.1 Å². The van der Waals surface area contributed by atoms with E-state index in [4.69, 9.17) is 0 Å². The highest BCUT2D eigenvalue weighted by Gasteiger charge is 2.68. The third-order valence-electron chi connectivity index (χ3n) is 2.33. The van der Waals surface area contributed by atoms with Crippen molar-refractivity contribution in [2.75, 3.05) is 0 Å². The molecule has 1 aromatic rings. The fourth-order valence-electron chi connectivity index (χ4n) is 1.45. The Morgan fingerprint density at radius 3 is 2.30 bits per heavy atom. The van der Waals surface area contributed by atoms with E-state index in [1.54, 1.807) is 0 Å². The Bertz CT molecular complexity index is 574. The fraction of sp³-hybridized carbons (Fsp3) is 0.333. The summed E-state index contributed by atoms with van der Waals surface area (Å²) in [5, 5.41) is 10.4. The van der Waals surface area contributed by atoms with Gasteiger partial charge in [-0.1, -0.05) is 0 Å². The van der Waals surface area contributed by atoms with Gasteiger partial charge in [-0.2, -0.15) is 26.3 Å². The molecule has 0 radical (unpaired) electrons. The van der Waals surface area contributed by atoms with Crippen LogP contribution in [0.5, 0.6) is 5.75 Å². The van der Waals surface area contributed by atoms with Gasteiger partial charge in [0.15, 0.2) is 0 Å². The molecule has 0 bridgehead atoms. The summed E-state index contributed by atoms with van der Waals surface area (Å²) < 4.78 is 83.8. The van der Waals surface area contributed by atoms with Crippen LogP contribution in [0.4, 0.5) is 32.0 Å². The minimum Gasteiger partial charge on any atom is -0.428 e. The van der Waals surface area contributed by atoms with Crippen LogP contribution < -0.4 is 4.74 Å². The highest BCUT2D eigenvalue weighted by Crippen LogP contribution is 2.51. The number of non-ortho nitro benzene ring substituents is 1. The first-order chi connectivity index (χ1) is 8.96. The smallest absolute Gasteiger partial charge is 0.428 e. The lowest BCUT2D eigenvalue weighted by atomic mass is 10.1. The number of nitro groups is 1. The number of nitrogens with zero attached hydrogens (tertiary/aromatic N) is 1. The number of ether oxygens (including phenoxy) is 2. The average Bonchev–Trinajstić information content (AvgIpc) is 2.25. The first-order valence-corrected chi connectivity index (χ1v) is 4.78. The maximum atomic E-state index is 13.4. The van der Waals surface area contributed by atoms with Crippen molar-refractivity contribution in [1.29, 1.82) is 0 Å². The van der Waals surface area contributed by atoms with Crippen molar-refractivity contribution in [3.63, 3.8) is 0 Å². The van der Waals surface area contributed by atoms with Gasteiger partial charge in [0.25, 0.3) is 5.69 Å². The van der Waals surface area contributed by atoms with E-state index < -0.39 is 40.2 Å². The van der Waals surface area contributed by atoms with Gasteiger partial charge in [-0.25, -0.2) is 4.74 Å². The second kappa shape index (κ2) is 3.98. The lowest BCUT2D eigenvalue weighted by Gasteiger charge is -2.36. The number of hydrogen-bond donors (Lipinski definition) is 0. The molecule has 1 aliphatic rings. The van der Waals surface area contributed by atoms with Crippen LogP contribution in [0.2, 0.25) is 0 Å². The summed E-state index contributed by atoms with van der Waals surface area (Å²) in [7, 11) is 0. The molecule has 0 spiro atoms. The molecule has 0 amide bonds. The molecule has 11 heteroatoms. The number of halogens is 6. The van der Waals surface area contributed by atoms with Crippen molar-refractivity contribution in [2.24, 2.45) is 0 Å². The molecule has 0 aliphatic carbocycles. The zero-order valence-corrected chi connectivity index (χ0v) is 9.08. The fourth-order valence-corrected chi connectivity index (χ4v) is 1.45. The van der Waals surface area contributed by atoms with E-state index >= 15 is 0 Å². The van der Waals surface area contributed by atoms with E-state index in [0.717, 1.165) is 0 Å². The number of alkyl halides is 6. The van der Waals surface area contributed by atoms with Crippen LogP contribution in [0.3, 0.4) is 0 Å². The van der Waals surface area contributed by atoms with Crippen molar-refractivity contribution in [3.8, 4) is 5.75 Å². The standard InChI is InChI=1S/C9H3F6NO4/c10-7(11)5-3-4(16(17)18)1-2-6(5)19-9(15,20-7)8(12,13)14/h1-3H. The number of benzene rings is 1. The lowest BCUT2D eigenvalue weighted by molar-refractivity contribution is -0.487. The van der Waals surface area contributed by atoms with Crippen molar-refractivity contribution in [2.45, 2.75) is 18.3 Å². The van der Waals surface area contributed by atoms with Crippen molar-refractivity contribution in [3.05, 3.63) is 33.9 Å². The summed E-state index contributed by atoms with van der Waals surface area (Å²) in [6.07, 6.45) is -10.6. The van der Waals surface area contributed by atoms with Crippen LogP contribution in [-0.2, 0) is 10.8 Å². The molecule has 1 heterocycles. The third-order valence-corrected chi connectivity index (χ3v) is 2.33. The van der Waals surface area contributed by atoms with Crippen LogP contribution in [0.25, 0.3) is 0 Å². The zero-order valence-electron chi connectivity index (χ0n) is 9.08. The molecule has 2 rings (SSSR count). The van der Waals surface area contributed by atoms with Gasteiger partial charge in [-0.05, 0) is 6.07 Å². The topological polar surface area (TPSA) is 61.6 Å². The Morgan fingerprint density at radius 2 is 1.80 bits per heavy atom. The van der Waals surface area contributed by atoms with E-state index in [9.17, 15) is 36.5 Å². The molecule has 5 nitrogen and oxygen atoms in total. The summed E-state index contributed by atoms with van der Waals surface area (Å²) in [5.41, 5.74) is -2.21. The highest BCUT2D eigenvalue weighted by atomic mass is 19.4. The van der Waals surface area contributed by atoms with Crippen molar-refractivity contribution in [1.82, 2.24) is 0 Å². The Hall–Kier alpha value is -2.04. The number of nitro benzene ring substituents is 1. The Morgan fingerprint density at radius 1 is 1.20 bits per heavy atom. The van der Waals surface area contributed by atoms with Gasteiger partial charge in [-0.15, -0.1) is 0 Å². The number of hydrogen-bond acceptors (Lipinski definition) is 4. The normalized spacial score (nSPS) is 24.7. The summed E-state index contributed by atoms with van der Waals surface area (Å²) in [5.74, 6) is -1.20. The molecule has 0 saturated heterocycles. The molecule has 0 N–H and O–H groups in total. The molecule has 1 atom stereocenters. The zero-order chi connectivity index (χ0) is 15.3. The van der Waals surface area contributed by atoms with Crippen LogP contribution >= 0.6 is 0 Å². The van der Waals surface area contributed by atoms with E-state index in [2.05, 4.69) is 9.47 Å². The first-order valence-electron chi connectivity index (χ1n) is 4.78. The molecule has 0 aromatic heterocycles. The third kappa shape index (κ3) is 2.13. The van der Waals surface area contributed by atoms with E-state index in [1.807, 2.05) is 0 Å². The number of rotatable bonds is 1. The van der Waals surface area contributed by atoms with E-state index in [1.165, 1.54) is 0 Å². The van der Waals surface area contributed by atoms with Gasteiger partial charge in [0.05, 0.1) is 10.5 Å². The quantitative estimate of drug-likeness (QED) is 0.454. The van der Waals surface area contributed by atoms with Crippen LogP contribution in [0.15, 0.2) is 18.2 Å². The summed E-state index contributed by atoms with van der Waals surface area (Å²) in [6, 6.07) is -3.77. The average molecular weight is 303 g/mol. The van der Waals surface area contributed by atoms with E-state index in [0.29, 0.717) is 12.1 Å². The van der Waals surface area contributed by atoms with E-state index in [-0.39, 0.29) is 6.07 Å². The van der Waals surface area contributed by atoms with Gasteiger partial charge in [0.2, 0.25) is 0 Å². The summed E-state index contributed by atoms with van der Waals surface area (Å²) in [6.45, 7) is 0. The summed E-state index contributed by atoms with van der Waals surface area (Å²) in [4.78, 5) is 9.35. The second-order valence-corrected chi connectivity index (χ2v) is 3.69. The predicted octanol–water partition coefficient (Wildman–Crippen LogP) is 3.24. The summed E-state index contributed by atoms with van der Waals surface area (Å²) >= 11 is 0. The Kier molecular flexibility index (Phi) is 2.86. The molecule has 20 heavy (non-hydrogen) atoms. The Labute approximate surface area is 105 Å². The molecular weight excluding hydrogens is 300 g/mol. The Balaban J connectivity index is 2.55. The highest BCUT2D eigenvalue weighted by molar-refractivity contribution is 5.46. The van der Waals surface area contributed by atoms with Crippen molar-refractivity contribution >= 4 is 5.69 Å². The SMILES string of the molecule is O=[N+]([O-])c1ccc2c(c1)C(F)(F)OC(F)(C(F)(F)F)O2. The lowest BCUT2D eigenvalue weighted by Crippen LogP contribution is -2.54. The molecule has 110 valence electrons. The second-order valence-electron chi connectivity index (χ2n) is 3.69. The number of fused-ring (bicyclic) bond motifs is 1. The molecule has 1 aliphatic heterocycles. The monoisotopic (exact) mass is 303 g/mol. The molecular formula is C9H3F6NO4. The van der Waals surface area contributed by atoms with Crippen LogP contribution in [0.1, 0.15) is 5.56 Å². The molecule has 1 aromatic carbocycles. The maximum absolute atomic E-state index is 13.4. The maximum Gasteiger partial charge on any atom is 0.491 e. The minimum absolute atomic E-state index is 0.241. The molecule has 1 unspecified atom stereocenters. The van der Waals surface area contributed by atoms with Gasteiger partial charge >= 0.3 is 18.3 Å². The van der Waals surface area contributed by atoms with Gasteiger partial charge < -0.3 is 4.74 Å². The van der Waals surface area contributed by atoms with Crippen LogP contribution in [-0.4, -0.2) is 17.1 Å². The van der Waals surface area contributed by atoms with Crippen molar-refractivity contribution < 1.29 is 40.7 Å². The van der Waals surface area contributed by atoms with Gasteiger partial charge in [0, 0.05) is 12.1 Å². The van der Waals surface area contributed by atoms with Crippen LogP contribution in [0, 0.1) is 10.1 Å². The molecule has 0 fully saturated rings. The molecule has 0 saturated carbocycles. The minimum atomic E-state index is -5.88. The first kappa shape index (κ1) is 14.4.